The van der Waals surface area contributed by atoms with Gasteiger partial charge >= 0.3 is 0 Å². The van der Waals surface area contributed by atoms with E-state index in [1.807, 2.05) is 6.20 Å². The first kappa shape index (κ1) is 16.1. The number of pyridine rings is 1. The average Bonchev–Trinajstić information content (AvgIpc) is 2.35. The van der Waals surface area contributed by atoms with Crippen molar-refractivity contribution >= 4 is 0 Å². The molecular weight excluding hydrogens is 236 g/mol. The van der Waals surface area contributed by atoms with Gasteiger partial charge in [0.2, 0.25) is 0 Å². The van der Waals surface area contributed by atoms with Gasteiger partial charge in [-0.25, -0.2) is 0 Å². The van der Waals surface area contributed by atoms with Crippen molar-refractivity contribution in [2.75, 3.05) is 33.7 Å². The number of nitrogens with two attached hydrogens (primary N) is 1. The molecule has 0 saturated carbocycles. The van der Waals surface area contributed by atoms with Crippen LogP contribution < -0.4 is 5.73 Å². The summed E-state index contributed by atoms with van der Waals surface area (Å²) in [5.41, 5.74) is 7.91. The van der Waals surface area contributed by atoms with Crippen LogP contribution in [0.5, 0.6) is 0 Å². The minimum atomic E-state index is 0.510. The molecule has 0 aromatic carbocycles. The van der Waals surface area contributed by atoms with Gasteiger partial charge < -0.3 is 10.6 Å². The van der Waals surface area contributed by atoms with Crippen molar-refractivity contribution in [1.29, 1.82) is 0 Å². The number of nitrogens with zero attached hydrogens (tertiary/aromatic N) is 3. The molecule has 0 saturated heterocycles. The lowest BCUT2D eigenvalue weighted by Crippen LogP contribution is -2.34. The second kappa shape index (κ2) is 8.25. The van der Waals surface area contributed by atoms with Crippen molar-refractivity contribution in [3.63, 3.8) is 0 Å². The zero-order valence-electron chi connectivity index (χ0n) is 12.8. The zero-order valence-corrected chi connectivity index (χ0v) is 12.8. The van der Waals surface area contributed by atoms with Crippen LogP contribution in [0.25, 0.3) is 0 Å². The van der Waals surface area contributed by atoms with Crippen LogP contribution in [0.4, 0.5) is 0 Å². The van der Waals surface area contributed by atoms with Crippen molar-refractivity contribution in [3.05, 3.63) is 29.6 Å². The third-order valence-corrected chi connectivity index (χ3v) is 2.98. The van der Waals surface area contributed by atoms with E-state index in [1.54, 1.807) is 0 Å². The van der Waals surface area contributed by atoms with Crippen LogP contribution in [0.2, 0.25) is 0 Å². The Bertz CT molecular complexity index is 363. The summed E-state index contributed by atoms with van der Waals surface area (Å²) in [7, 11) is 4.24. The topological polar surface area (TPSA) is 45.4 Å². The molecule has 19 heavy (non-hydrogen) atoms. The predicted molar refractivity (Wildman–Crippen MR) is 80.8 cm³/mol. The fourth-order valence-corrected chi connectivity index (χ4v) is 2.09. The molecular formula is C15H28N4. The van der Waals surface area contributed by atoms with Crippen molar-refractivity contribution in [1.82, 2.24) is 14.8 Å². The predicted octanol–water partition coefficient (Wildman–Crippen LogP) is 1.56. The molecule has 0 aliphatic carbocycles. The molecule has 0 bridgehead atoms. The third kappa shape index (κ3) is 6.66. The van der Waals surface area contributed by atoms with Gasteiger partial charge in [-0.3, -0.25) is 9.88 Å². The van der Waals surface area contributed by atoms with E-state index in [4.69, 9.17) is 5.73 Å². The Morgan fingerprint density at radius 3 is 2.58 bits per heavy atom. The van der Waals surface area contributed by atoms with Crippen molar-refractivity contribution < 1.29 is 0 Å². The molecule has 4 nitrogen and oxygen atoms in total. The number of likely N-dealkylation sites (N-methyl/N-ethyl adjacent to an activating group) is 1. The molecule has 0 spiro atoms. The van der Waals surface area contributed by atoms with E-state index in [2.05, 4.69) is 54.9 Å². The molecule has 0 amide bonds. The van der Waals surface area contributed by atoms with E-state index >= 15 is 0 Å². The molecule has 2 N–H and O–H groups in total. The Morgan fingerprint density at radius 1 is 1.26 bits per heavy atom. The van der Waals surface area contributed by atoms with Gasteiger partial charge in [0.05, 0.1) is 5.69 Å². The highest BCUT2D eigenvalue weighted by Crippen LogP contribution is 2.08. The number of aromatic nitrogens is 1. The van der Waals surface area contributed by atoms with E-state index in [0.29, 0.717) is 12.5 Å². The van der Waals surface area contributed by atoms with Gasteiger partial charge in [0, 0.05) is 38.9 Å². The second-order valence-corrected chi connectivity index (χ2v) is 5.79. The summed E-state index contributed by atoms with van der Waals surface area (Å²) in [5, 5.41) is 0. The van der Waals surface area contributed by atoms with Gasteiger partial charge in [0.15, 0.2) is 0 Å². The monoisotopic (exact) mass is 264 g/mol. The highest BCUT2D eigenvalue weighted by atomic mass is 15.2. The highest BCUT2D eigenvalue weighted by molar-refractivity contribution is 5.16. The first-order valence-electron chi connectivity index (χ1n) is 7.02. The van der Waals surface area contributed by atoms with Gasteiger partial charge in [-0.05, 0) is 37.7 Å². The SMILES string of the molecule is CC(C)CN(CCN(C)C)Cc1ccnc(CN)c1. The maximum atomic E-state index is 5.65. The first-order valence-corrected chi connectivity index (χ1v) is 7.02. The minimum Gasteiger partial charge on any atom is -0.325 e. The summed E-state index contributed by atoms with van der Waals surface area (Å²) in [6.07, 6.45) is 1.86. The third-order valence-electron chi connectivity index (χ3n) is 2.98. The summed E-state index contributed by atoms with van der Waals surface area (Å²) in [6.45, 7) is 9.30. The molecule has 0 atom stereocenters. The van der Waals surface area contributed by atoms with Crippen LogP contribution in [-0.2, 0) is 13.1 Å². The molecule has 0 unspecified atom stereocenters. The van der Waals surface area contributed by atoms with Crippen LogP contribution in [0.15, 0.2) is 18.3 Å². The standard InChI is InChI=1S/C15H28N4/c1-13(2)11-19(8-7-18(3)4)12-14-5-6-17-15(9-14)10-16/h5-6,9,13H,7-8,10-12,16H2,1-4H3. The zero-order chi connectivity index (χ0) is 14.3. The fraction of sp³-hybridized carbons (Fsp3) is 0.667. The lowest BCUT2D eigenvalue weighted by atomic mass is 10.1. The number of hydrogen-bond acceptors (Lipinski definition) is 4. The Balaban J connectivity index is 2.63. The Hall–Kier alpha value is -0.970. The van der Waals surface area contributed by atoms with E-state index in [1.165, 1.54) is 5.56 Å². The van der Waals surface area contributed by atoms with Crippen molar-refractivity contribution in [2.24, 2.45) is 11.7 Å². The first-order chi connectivity index (χ1) is 9.01. The second-order valence-electron chi connectivity index (χ2n) is 5.79. The average molecular weight is 264 g/mol. The molecule has 0 radical (unpaired) electrons. The van der Waals surface area contributed by atoms with Crippen LogP contribution in [0, 0.1) is 5.92 Å². The normalized spacial score (nSPS) is 11.8. The summed E-state index contributed by atoms with van der Waals surface area (Å²) in [6, 6.07) is 4.20. The molecule has 0 aliphatic rings. The maximum Gasteiger partial charge on any atom is 0.0542 e. The van der Waals surface area contributed by atoms with Gasteiger partial charge in [0.25, 0.3) is 0 Å². The van der Waals surface area contributed by atoms with Gasteiger partial charge in [-0.1, -0.05) is 13.8 Å². The van der Waals surface area contributed by atoms with E-state index in [9.17, 15) is 0 Å². The highest BCUT2D eigenvalue weighted by Gasteiger charge is 2.09. The molecule has 0 aliphatic heterocycles. The molecule has 1 aromatic rings. The number of hydrogen-bond donors (Lipinski definition) is 1. The molecule has 0 fully saturated rings. The Kier molecular flexibility index (Phi) is 6.99. The van der Waals surface area contributed by atoms with Gasteiger partial charge in [-0.2, -0.15) is 0 Å². The molecule has 1 heterocycles. The van der Waals surface area contributed by atoms with Crippen LogP contribution in [0.1, 0.15) is 25.1 Å². The van der Waals surface area contributed by atoms with Crippen molar-refractivity contribution in [3.8, 4) is 0 Å². The van der Waals surface area contributed by atoms with Gasteiger partial charge in [0.1, 0.15) is 0 Å². The minimum absolute atomic E-state index is 0.510. The summed E-state index contributed by atoms with van der Waals surface area (Å²) in [5.74, 6) is 0.679. The van der Waals surface area contributed by atoms with Crippen LogP contribution >= 0.6 is 0 Å². The number of rotatable bonds is 8. The summed E-state index contributed by atoms with van der Waals surface area (Å²) in [4.78, 5) is 8.98. The van der Waals surface area contributed by atoms with E-state index in [0.717, 1.165) is 31.9 Å². The Labute approximate surface area is 117 Å². The molecule has 1 aromatic heterocycles. The van der Waals surface area contributed by atoms with E-state index < -0.39 is 0 Å². The molecule has 108 valence electrons. The van der Waals surface area contributed by atoms with Crippen LogP contribution in [-0.4, -0.2) is 48.5 Å². The van der Waals surface area contributed by atoms with Crippen molar-refractivity contribution in [2.45, 2.75) is 26.9 Å². The quantitative estimate of drug-likeness (QED) is 0.774. The van der Waals surface area contributed by atoms with Gasteiger partial charge in [-0.15, -0.1) is 0 Å². The lowest BCUT2D eigenvalue weighted by Gasteiger charge is -2.26. The lowest BCUT2D eigenvalue weighted by molar-refractivity contribution is 0.211. The summed E-state index contributed by atoms with van der Waals surface area (Å²) < 4.78 is 0. The fourth-order valence-electron chi connectivity index (χ4n) is 2.09. The van der Waals surface area contributed by atoms with Crippen LogP contribution in [0.3, 0.4) is 0 Å². The van der Waals surface area contributed by atoms with E-state index in [-0.39, 0.29) is 0 Å². The molecule has 1 rings (SSSR count). The summed E-state index contributed by atoms with van der Waals surface area (Å²) >= 11 is 0. The largest absolute Gasteiger partial charge is 0.325 e. The smallest absolute Gasteiger partial charge is 0.0542 e. The molecule has 4 heteroatoms. The maximum absolute atomic E-state index is 5.65. The Morgan fingerprint density at radius 2 is 2.00 bits per heavy atom.